The van der Waals surface area contributed by atoms with Crippen molar-refractivity contribution in [2.24, 2.45) is 0 Å². The Morgan fingerprint density at radius 2 is 1.90 bits per heavy atom. The minimum atomic E-state index is -0.388. The second kappa shape index (κ2) is 10.3. The van der Waals surface area contributed by atoms with Gasteiger partial charge >= 0.3 is 0 Å². The number of hydrogen-bond acceptors (Lipinski definition) is 4. The third-order valence-corrected chi connectivity index (χ3v) is 4.63. The topological polar surface area (TPSA) is 63.5 Å². The summed E-state index contributed by atoms with van der Waals surface area (Å²) >= 11 is 17.3. The average Bonchev–Trinajstić information content (AvgIpc) is 3.17. The van der Waals surface area contributed by atoms with Crippen molar-refractivity contribution in [2.45, 2.75) is 6.92 Å². The molecule has 0 radical (unpaired) electrons. The zero-order valence-electron chi connectivity index (χ0n) is 15.9. The maximum absolute atomic E-state index is 12.1. The van der Waals surface area contributed by atoms with Gasteiger partial charge in [-0.05, 0) is 79.8 Å². The zero-order valence-corrected chi connectivity index (χ0v) is 18.3. The fourth-order valence-electron chi connectivity index (χ4n) is 2.55. The Kier molecular flexibility index (Phi) is 7.52. The second-order valence-electron chi connectivity index (χ2n) is 6.06. The van der Waals surface area contributed by atoms with Gasteiger partial charge in [0.1, 0.15) is 17.3 Å². The highest BCUT2D eigenvalue weighted by Gasteiger charge is 2.09. The van der Waals surface area contributed by atoms with Crippen LogP contribution in [-0.2, 0) is 4.79 Å². The number of benzene rings is 2. The van der Waals surface area contributed by atoms with Gasteiger partial charge in [-0.3, -0.25) is 10.1 Å². The SMILES string of the molecule is CCOc1ccc(NC(=S)NC(=O)/C=C/c2ccc(-c3ccc(Cl)cc3Cl)o2)cc1. The first-order valence-electron chi connectivity index (χ1n) is 9.03. The lowest BCUT2D eigenvalue weighted by Gasteiger charge is -2.09. The van der Waals surface area contributed by atoms with Gasteiger partial charge in [0.15, 0.2) is 5.11 Å². The van der Waals surface area contributed by atoms with Crippen molar-refractivity contribution in [3.8, 4) is 17.1 Å². The molecule has 1 heterocycles. The van der Waals surface area contributed by atoms with Gasteiger partial charge in [0.25, 0.3) is 0 Å². The van der Waals surface area contributed by atoms with E-state index in [2.05, 4.69) is 10.6 Å². The Balaban J connectivity index is 1.55. The van der Waals surface area contributed by atoms with Gasteiger partial charge in [0.2, 0.25) is 5.91 Å². The number of hydrogen-bond donors (Lipinski definition) is 2. The number of carbonyl (C=O) groups is 1. The number of thiocarbonyl (C=S) groups is 1. The molecular formula is C22H18Cl2N2O3S. The number of amides is 1. The standard InChI is InChI=1S/C22H18Cl2N2O3S/c1-2-28-16-6-4-15(5-7-16)25-22(30)26-21(27)12-9-17-8-11-20(29-17)18-10-3-14(23)13-19(18)24/h3-13H,2H2,1H3,(H2,25,26,27,30)/b12-9+. The molecule has 154 valence electrons. The molecule has 0 atom stereocenters. The zero-order chi connectivity index (χ0) is 21.5. The van der Waals surface area contributed by atoms with Crippen LogP contribution in [0.1, 0.15) is 12.7 Å². The van der Waals surface area contributed by atoms with Crippen molar-refractivity contribution < 1.29 is 13.9 Å². The number of rotatable bonds is 6. The molecule has 2 N–H and O–H groups in total. The number of carbonyl (C=O) groups excluding carboxylic acids is 1. The first-order chi connectivity index (χ1) is 14.4. The van der Waals surface area contributed by atoms with E-state index in [-0.39, 0.29) is 11.0 Å². The van der Waals surface area contributed by atoms with Crippen molar-refractivity contribution >= 4 is 58.2 Å². The molecule has 1 amide bonds. The second-order valence-corrected chi connectivity index (χ2v) is 7.31. The number of anilines is 1. The van der Waals surface area contributed by atoms with Crippen LogP contribution in [0.3, 0.4) is 0 Å². The lowest BCUT2D eigenvalue weighted by atomic mass is 10.2. The largest absolute Gasteiger partial charge is 0.494 e. The van der Waals surface area contributed by atoms with Crippen LogP contribution in [0.5, 0.6) is 5.75 Å². The molecule has 2 aromatic carbocycles. The van der Waals surface area contributed by atoms with E-state index in [0.717, 1.165) is 11.4 Å². The summed E-state index contributed by atoms with van der Waals surface area (Å²) in [6.07, 6.45) is 2.88. The molecule has 0 aliphatic heterocycles. The lowest BCUT2D eigenvalue weighted by Crippen LogP contribution is -2.32. The molecule has 0 bridgehead atoms. The number of furan rings is 1. The molecule has 0 saturated heterocycles. The molecular weight excluding hydrogens is 443 g/mol. The van der Waals surface area contributed by atoms with Gasteiger partial charge in [-0.25, -0.2) is 0 Å². The van der Waals surface area contributed by atoms with Crippen molar-refractivity contribution in [3.05, 3.63) is 76.5 Å². The normalized spacial score (nSPS) is 10.8. The fraction of sp³-hybridized carbons (Fsp3) is 0.0909. The quantitative estimate of drug-likeness (QED) is 0.339. The number of ether oxygens (including phenoxy) is 1. The van der Waals surface area contributed by atoms with Gasteiger partial charge < -0.3 is 14.5 Å². The van der Waals surface area contributed by atoms with E-state index < -0.39 is 0 Å². The molecule has 0 aliphatic carbocycles. The maximum Gasteiger partial charge on any atom is 0.250 e. The molecule has 3 aromatic rings. The van der Waals surface area contributed by atoms with E-state index in [0.29, 0.717) is 33.7 Å². The van der Waals surface area contributed by atoms with E-state index in [1.807, 2.05) is 31.2 Å². The number of halogens is 2. The summed E-state index contributed by atoms with van der Waals surface area (Å²) in [6.45, 7) is 2.51. The van der Waals surface area contributed by atoms with E-state index in [4.69, 9.17) is 44.6 Å². The first kappa shape index (κ1) is 21.9. The number of nitrogens with one attached hydrogen (secondary N) is 2. The van der Waals surface area contributed by atoms with Gasteiger partial charge in [-0.2, -0.15) is 0 Å². The molecule has 0 unspecified atom stereocenters. The smallest absolute Gasteiger partial charge is 0.250 e. The summed E-state index contributed by atoms with van der Waals surface area (Å²) in [5.74, 6) is 1.44. The summed E-state index contributed by atoms with van der Waals surface area (Å²) in [7, 11) is 0. The summed E-state index contributed by atoms with van der Waals surface area (Å²) in [5, 5.41) is 6.72. The van der Waals surface area contributed by atoms with Crippen LogP contribution in [0, 0.1) is 0 Å². The highest BCUT2D eigenvalue weighted by atomic mass is 35.5. The summed E-state index contributed by atoms with van der Waals surface area (Å²) < 4.78 is 11.1. The minimum absolute atomic E-state index is 0.182. The van der Waals surface area contributed by atoms with Gasteiger partial charge in [0.05, 0.1) is 11.6 Å². The van der Waals surface area contributed by atoms with Crippen LogP contribution in [0.15, 0.2) is 65.1 Å². The van der Waals surface area contributed by atoms with Gasteiger partial charge in [-0.1, -0.05) is 23.2 Å². The first-order valence-corrected chi connectivity index (χ1v) is 10.2. The molecule has 0 fully saturated rings. The lowest BCUT2D eigenvalue weighted by molar-refractivity contribution is -0.115. The Labute approximate surface area is 189 Å². The van der Waals surface area contributed by atoms with Crippen LogP contribution in [0.25, 0.3) is 17.4 Å². The van der Waals surface area contributed by atoms with Crippen LogP contribution < -0.4 is 15.4 Å². The monoisotopic (exact) mass is 460 g/mol. The molecule has 3 rings (SSSR count). The molecule has 0 spiro atoms. The predicted molar refractivity (Wildman–Crippen MR) is 125 cm³/mol. The third kappa shape index (κ3) is 6.10. The molecule has 1 aromatic heterocycles. The van der Waals surface area contributed by atoms with Gasteiger partial charge in [-0.15, -0.1) is 0 Å². The summed E-state index contributed by atoms with van der Waals surface area (Å²) in [4.78, 5) is 12.1. The average molecular weight is 461 g/mol. The highest BCUT2D eigenvalue weighted by Crippen LogP contribution is 2.31. The molecule has 30 heavy (non-hydrogen) atoms. The van der Waals surface area contributed by atoms with E-state index in [1.165, 1.54) is 6.08 Å². The van der Waals surface area contributed by atoms with Crippen LogP contribution >= 0.6 is 35.4 Å². The molecule has 8 heteroatoms. The van der Waals surface area contributed by atoms with Crippen molar-refractivity contribution in [1.29, 1.82) is 0 Å². The Morgan fingerprint density at radius 3 is 2.60 bits per heavy atom. The van der Waals surface area contributed by atoms with Crippen LogP contribution in [0.2, 0.25) is 10.0 Å². The highest BCUT2D eigenvalue weighted by molar-refractivity contribution is 7.80. The van der Waals surface area contributed by atoms with E-state index >= 15 is 0 Å². The van der Waals surface area contributed by atoms with Gasteiger partial charge in [0, 0.05) is 22.3 Å². The summed E-state index contributed by atoms with van der Waals surface area (Å²) in [6, 6.07) is 15.9. The Bertz CT molecular complexity index is 1080. The van der Waals surface area contributed by atoms with Crippen molar-refractivity contribution in [3.63, 3.8) is 0 Å². The van der Waals surface area contributed by atoms with Crippen LogP contribution in [0.4, 0.5) is 5.69 Å². The Morgan fingerprint density at radius 1 is 1.13 bits per heavy atom. The molecule has 0 saturated carbocycles. The fourth-order valence-corrected chi connectivity index (χ4v) is 3.27. The summed E-state index contributed by atoms with van der Waals surface area (Å²) in [5.41, 5.74) is 1.45. The minimum Gasteiger partial charge on any atom is -0.494 e. The van der Waals surface area contributed by atoms with E-state index in [1.54, 1.807) is 36.4 Å². The van der Waals surface area contributed by atoms with Crippen molar-refractivity contribution in [1.82, 2.24) is 5.32 Å². The molecule has 5 nitrogen and oxygen atoms in total. The van der Waals surface area contributed by atoms with Crippen LogP contribution in [-0.4, -0.2) is 17.6 Å². The predicted octanol–water partition coefficient (Wildman–Crippen LogP) is 6.18. The van der Waals surface area contributed by atoms with Crippen molar-refractivity contribution in [2.75, 3.05) is 11.9 Å². The maximum atomic E-state index is 12.1. The third-order valence-electron chi connectivity index (χ3n) is 3.88. The van der Waals surface area contributed by atoms with E-state index in [9.17, 15) is 4.79 Å². The molecule has 0 aliphatic rings. The Hall–Kier alpha value is -2.80.